The Labute approximate surface area is 153 Å². The molecule has 1 amide bonds. The number of anilines is 1. The van der Waals surface area contributed by atoms with Crippen molar-refractivity contribution in [2.45, 2.75) is 28.9 Å². The second kappa shape index (κ2) is 8.44. The Bertz CT molecular complexity index is 518. The second-order valence-electron chi connectivity index (χ2n) is 4.92. The molecule has 1 aromatic rings. The van der Waals surface area contributed by atoms with Crippen molar-refractivity contribution in [3.63, 3.8) is 0 Å². The molecular weight excluding hydrogens is 388 g/mol. The third kappa shape index (κ3) is 6.39. The van der Waals surface area contributed by atoms with Crippen LogP contribution in [0.3, 0.4) is 0 Å². The van der Waals surface area contributed by atoms with Gasteiger partial charge in [0.15, 0.2) is 0 Å². The van der Waals surface area contributed by atoms with Crippen LogP contribution >= 0.6 is 46.4 Å². The number of alkyl halides is 3. The number of halogens is 4. The summed E-state index contributed by atoms with van der Waals surface area (Å²) in [6, 6.07) is 3.29. The highest BCUT2D eigenvalue weighted by Gasteiger charge is 2.38. The molecule has 2 atom stereocenters. The van der Waals surface area contributed by atoms with E-state index in [9.17, 15) is 4.79 Å². The molecule has 0 aromatic carbocycles. The number of ether oxygens (including phenoxy) is 2. The Morgan fingerprint density at radius 2 is 2.26 bits per heavy atom. The van der Waals surface area contributed by atoms with Crippen LogP contribution in [0, 0.1) is 0 Å². The van der Waals surface area contributed by atoms with Gasteiger partial charge in [-0.3, -0.25) is 5.32 Å². The number of carbonyl (C=O) groups excluding carboxylic acids is 1. The van der Waals surface area contributed by atoms with Gasteiger partial charge in [0.2, 0.25) is 9.96 Å². The maximum absolute atomic E-state index is 11.9. The lowest BCUT2D eigenvalue weighted by Gasteiger charge is -2.22. The molecular formula is C13H16Cl4N3O3+. The third-order valence-electron chi connectivity index (χ3n) is 3.09. The lowest BCUT2D eigenvalue weighted by Crippen LogP contribution is -2.50. The molecule has 2 heterocycles. The fraction of sp³-hybridized carbons (Fsp3) is 0.538. The monoisotopic (exact) mass is 402 g/mol. The van der Waals surface area contributed by atoms with Crippen LogP contribution in [0.25, 0.3) is 0 Å². The van der Waals surface area contributed by atoms with Crippen LogP contribution in [0.15, 0.2) is 18.3 Å². The van der Waals surface area contributed by atoms with E-state index in [0.29, 0.717) is 17.4 Å². The Hall–Kier alpha value is -0.660. The van der Waals surface area contributed by atoms with Crippen molar-refractivity contribution >= 4 is 58.3 Å². The van der Waals surface area contributed by atoms with Gasteiger partial charge in [0.25, 0.3) is 5.82 Å². The van der Waals surface area contributed by atoms with Gasteiger partial charge in [-0.1, -0.05) is 46.4 Å². The van der Waals surface area contributed by atoms with E-state index < -0.39 is 16.1 Å². The van der Waals surface area contributed by atoms with Crippen molar-refractivity contribution < 1.29 is 19.3 Å². The fourth-order valence-corrected chi connectivity index (χ4v) is 2.40. The molecule has 1 saturated heterocycles. The topological polar surface area (TPSA) is 73.7 Å². The Kier molecular flexibility index (Phi) is 6.85. The highest BCUT2D eigenvalue weighted by atomic mass is 35.6. The van der Waals surface area contributed by atoms with E-state index in [2.05, 4.69) is 15.6 Å². The summed E-state index contributed by atoms with van der Waals surface area (Å²) in [6.07, 6.45) is 1.57. The number of H-pyrrole nitrogens is 1. The molecule has 0 unspecified atom stereocenters. The first-order valence-electron chi connectivity index (χ1n) is 6.90. The minimum absolute atomic E-state index is 0.0791. The number of pyridine rings is 1. The number of carbonyl (C=O) groups is 1. The quantitative estimate of drug-likeness (QED) is 0.584. The Morgan fingerprint density at radius 1 is 1.48 bits per heavy atom. The molecule has 3 N–H and O–H groups in total. The number of alkyl carbamates (subject to hydrolysis) is 1. The van der Waals surface area contributed by atoms with Crippen LogP contribution in [0.2, 0.25) is 5.02 Å². The lowest BCUT2D eigenvalue weighted by molar-refractivity contribution is -0.361. The molecule has 6 nitrogen and oxygen atoms in total. The first kappa shape index (κ1) is 18.7. The number of rotatable bonds is 5. The molecule has 1 aliphatic rings. The molecule has 0 bridgehead atoms. The van der Waals surface area contributed by atoms with Crippen LogP contribution in [0.5, 0.6) is 0 Å². The van der Waals surface area contributed by atoms with Crippen molar-refractivity contribution in [2.24, 2.45) is 0 Å². The lowest BCUT2D eigenvalue weighted by atomic mass is 10.2. The molecule has 10 heteroatoms. The first-order valence-corrected chi connectivity index (χ1v) is 8.41. The zero-order chi connectivity index (χ0) is 16.9. The number of nitrogens with one attached hydrogen (secondary N) is 3. The van der Waals surface area contributed by atoms with Crippen LogP contribution in [-0.4, -0.2) is 35.4 Å². The maximum Gasteiger partial charge on any atom is 0.410 e. The van der Waals surface area contributed by atoms with Gasteiger partial charge >= 0.3 is 6.09 Å². The van der Waals surface area contributed by atoms with Gasteiger partial charge in [-0.15, -0.1) is 0 Å². The summed E-state index contributed by atoms with van der Waals surface area (Å²) in [5.41, 5.74) is 0. The smallest absolute Gasteiger partial charge is 0.410 e. The predicted molar refractivity (Wildman–Crippen MR) is 89.2 cm³/mol. The van der Waals surface area contributed by atoms with Crippen molar-refractivity contribution in [1.82, 2.24) is 5.32 Å². The molecule has 0 aliphatic carbocycles. The second-order valence-corrected chi connectivity index (χ2v) is 7.72. The van der Waals surface area contributed by atoms with Crippen LogP contribution in [0.4, 0.5) is 10.6 Å². The maximum atomic E-state index is 11.9. The van der Waals surface area contributed by atoms with Gasteiger partial charge in [0.1, 0.15) is 12.8 Å². The number of aromatic amines is 1. The van der Waals surface area contributed by atoms with Gasteiger partial charge in [-0.2, -0.15) is 0 Å². The van der Waals surface area contributed by atoms with Gasteiger partial charge in [-0.25, -0.2) is 15.1 Å². The highest BCUT2D eigenvalue weighted by Crippen LogP contribution is 2.30. The first-order chi connectivity index (χ1) is 10.8. The molecule has 128 valence electrons. The van der Waals surface area contributed by atoms with Crippen molar-refractivity contribution in [2.75, 3.05) is 18.5 Å². The van der Waals surface area contributed by atoms with E-state index in [1.165, 1.54) is 0 Å². The van der Waals surface area contributed by atoms with Crippen molar-refractivity contribution in [1.29, 1.82) is 0 Å². The van der Waals surface area contributed by atoms with E-state index in [4.69, 9.17) is 55.9 Å². The van der Waals surface area contributed by atoms with Gasteiger partial charge in [0.05, 0.1) is 11.1 Å². The minimum Gasteiger partial charge on any atom is -0.447 e. The van der Waals surface area contributed by atoms with Crippen LogP contribution in [-0.2, 0) is 9.47 Å². The van der Waals surface area contributed by atoms with Crippen molar-refractivity contribution in [3.8, 4) is 0 Å². The van der Waals surface area contributed by atoms with E-state index in [-0.39, 0.29) is 12.7 Å². The van der Waals surface area contributed by atoms with Crippen LogP contribution < -0.4 is 15.6 Å². The number of amides is 1. The zero-order valence-electron chi connectivity index (χ0n) is 12.0. The molecule has 2 rings (SSSR count). The summed E-state index contributed by atoms with van der Waals surface area (Å²) in [7, 11) is 0. The molecule has 1 aliphatic heterocycles. The number of hydrogen-bond acceptors (Lipinski definition) is 4. The largest absolute Gasteiger partial charge is 0.447 e. The van der Waals surface area contributed by atoms with E-state index in [1.54, 1.807) is 18.3 Å². The standard InChI is InChI=1S/C13H15Cl4N3O3/c14-8-3-4-10(18-6-8)19-11(13(15,16)17)20-12(21)23-7-9-2-1-5-22-9/h3-4,6,9,11H,1-2,5,7H2,(H,18,19)(H,20,21)/p+1/t9-,11-/m1/s1. The Balaban J connectivity index is 1.89. The SMILES string of the molecule is O=C(N[C@@H](Nc1ccc(Cl)c[nH+]1)C(Cl)(Cl)Cl)OC[C@H]1CCCO1. The zero-order valence-corrected chi connectivity index (χ0v) is 15.0. The highest BCUT2D eigenvalue weighted by molar-refractivity contribution is 6.68. The van der Waals surface area contributed by atoms with E-state index in [0.717, 1.165) is 12.8 Å². The number of aromatic nitrogens is 1. The van der Waals surface area contributed by atoms with Gasteiger partial charge in [-0.05, 0) is 18.9 Å². The molecule has 0 saturated carbocycles. The normalized spacial score (nSPS) is 19.2. The summed E-state index contributed by atoms with van der Waals surface area (Å²) in [6.45, 7) is 0.839. The summed E-state index contributed by atoms with van der Waals surface area (Å²) >= 11 is 23.4. The summed E-state index contributed by atoms with van der Waals surface area (Å²) < 4.78 is 8.66. The van der Waals surface area contributed by atoms with Crippen LogP contribution in [0.1, 0.15) is 12.8 Å². The minimum atomic E-state index is -1.80. The average molecular weight is 404 g/mol. The van der Waals surface area contributed by atoms with Gasteiger partial charge in [0, 0.05) is 12.7 Å². The summed E-state index contributed by atoms with van der Waals surface area (Å²) in [5, 5.41) is 5.84. The third-order valence-corrected chi connectivity index (χ3v) is 3.98. The fourth-order valence-electron chi connectivity index (χ4n) is 1.95. The van der Waals surface area contributed by atoms with E-state index in [1.807, 2.05) is 0 Å². The molecule has 0 spiro atoms. The molecule has 1 fully saturated rings. The molecule has 23 heavy (non-hydrogen) atoms. The van der Waals surface area contributed by atoms with E-state index >= 15 is 0 Å². The predicted octanol–water partition coefficient (Wildman–Crippen LogP) is 3.17. The van der Waals surface area contributed by atoms with Gasteiger partial charge < -0.3 is 9.47 Å². The molecule has 0 radical (unpaired) electrons. The Morgan fingerprint density at radius 3 is 2.83 bits per heavy atom. The summed E-state index contributed by atoms with van der Waals surface area (Å²) in [4.78, 5) is 14.7. The average Bonchev–Trinajstić information content (AvgIpc) is 2.99. The van der Waals surface area contributed by atoms with Crippen molar-refractivity contribution in [3.05, 3.63) is 23.4 Å². The molecule has 1 aromatic heterocycles. The summed E-state index contributed by atoms with van der Waals surface area (Å²) in [5.74, 6) is 0.505. The number of hydrogen-bond donors (Lipinski definition) is 2.